The molecule has 0 radical (unpaired) electrons. The summed E-state index contributed by atoms with van der Waals surface area (Å²) in [6.45, 7) is 1.84. The first-order valence-corrected chi connectivity index (χ1v) is 10.3. The van der Waals surface area contributed by atoms with E-state index in [1.54, 1.807) is 24.3 Å². The number of ether oxygens (including phenoxy) is 1. The van der Waals surface area contributed by atoms with Crippen molar-refractivity contribution in [2.75, 3.05) is 13.2 Å². The predicted molar refractivity (Wildman–Crippen MR) is 95.2 cm³/mol. The highest BCUT2D eigenvalue weighted by Gasteiger charge is 2.38. The highest BCUT2D eigenvalue weighted by molar-refractivity contribution is 7.89. The predicted octanol–water partition coefficient (Wildman–Crippen LogP) is 2.66. The van der Waals surface area contributed by atoms with Crippen molar-refractivity contribution in [2.24, 2.45) is 5.92 Å². The third-order valence-electron chi connectivity index (χ3n) is 4.67. The molecule has 6 nitrogen and oxygen atoms in total. The SMILES string of the molecule is Cc1ccc(S(=O)(=O)N[C@H]2CC[C@@H](F)[C@@H]2CCCCOCC(=O)O)cc1. The van der Waals surface area contributed by atoms with E-state index in [4.69, 9.17) is 9.84 Å². The Morgan fingerprint density at radius 2 is 1.96 bits per heavy atom. The molecule has 0 heterocycles. The number of hydrogen-bond donors (Lipinski definition) is 2. The van der Waals surface area contributed by atoms with E-state index in [2.05, 4.69) is 4.72 Å². The minimum atomic E-state index is -3.67. The first kappa shape index (κ1) is 20.8. The minimum Gasteiger partial charge on any atom is -0.480 e. The van der Waals surface area contributed by atoms with Crippen molar-refractivity contribution < 1.29 is 27.4 Å². The number of carboxylic acid groups (broad SMARTS) is 1. The highest BCUT2D eigenvalue weighted by atomic mass is 32.2. The molecule has 1 aliphatic rings. The van der Waals surface area contributed by atoms with E-state index < -0.39 is 28.2 Å². The van der Waals surface area contributed by atoms with E-state index in [-0.39, 0.29) is 17.4 Å². The molecule has 3 atom stereocenters. The normalized spacial score (nSPS) is 23.2. The minimum absolute atomic E-state index is 0.186. The number of sulfonamides is 1. The Balaban J connectivity index is 1.87. The van der Waals surface area contributed by atoms with Gasteiger partial charge in [0.1, 0.15) is 12.8 Å². The summed E-state index contributed by atoms with van der Waals surface area (Å²) in [7, 11) is -3.67. The van der Waals surface area contributed by atoms with Crippen LogP contribution >= 0.6 is 0 Å². The van der Waals surface area contributed by atoms with Crippen molar-refractivity contribution in [3.05, 3.63) is 29.8 Å². The van der Waals surface area contributed by atoms with Gasteiger partial charge in [-0.1, -0.05) is 24.1 Å². The van der Waals surface area contributed by atoms with Crippen LogP contribution in [0.5, 0.6) is 0 Å². The number of benzene rings is 1. The van der Waals surface area contributed by atoms with E-state index in [9.17, 15) is 17.6 Å². The summed E-state index contributed by atoms with van der Waals surface area (Å²) in [5.74, 6) is -1.38. The Labute approximate surface area is 153 Å². The van der Waals surface area contributed by atoms with Crippen molar-refractivity contribution in [2.45, 2.75) is 56.1 Å². The third-order valence-corrected chi connectivity index (χ3v) is 6.18. The molecule has 0 aromatic heterocycles. The first-order chi connectivity index (χ1) is 12.3. The second-order valence-electron chi connectivity index (χ2n) is 6.74. The fourth-order valence-electron chi connectivity index (χ4n) is 3.28. The van der Waals surface area contributed by atoms with Crippen LogP contribution in [0.1, 0.15) is 37.7 Å². The molecule has 0 bridgehead atoms. The van der Waals surface area contributed by atoms with Crippen molar-refractivity contribution >= 4 is 16.0 Å². The smallest absolute Gasteiger partial charge is 0.329 e. The molecule has 1 saturated carbocycles. The fraction of sp³-hybridized carbons (Fsp3) is 0.611. The highest BCUT2D eigenvalue weighted by Crippen LogP contribution is 2.33. The van der Waals surface area contributed by atoms with Gasteiger partial charge in [0, 0.05) is 18.6 Å². The first-order valence-electron chi connectivity index (χ1n) is 8.82. The number of hydrogen-bond acceptors (Lipinski definition) is 4. The molecule has 1 aliphatic carbocycles. The Morgan fingerprint density at radius 3 is 2.62 bits per heavy atom. The molecule has 8 heteroatoms. The largest absolute Gasteiger partial charge is 0.480 e. The van der Waals surface area contributed by atoms with Crippen LogP contribution in [-0.4, -0.2) is 44.9 Å². The van der Waals surface area contributed by atoms with Crippen LogP contribution in [0.15, 0.2) is 29.2 Å². The van der Waals surface area contributed by atoms with E-state index in [1.165, 1.54) is 0 Å². The van der Waals surface area contributed by atoms with Crippen LogP contribution in [0, 0.1) is 12.8 Å². The molecule has 146 valence electrons. The molecule has 0 unspecified atom stereocenters. The van der Waals surface area contributed by atoms with Crippen LogP contribution in [0.25, 0.3) is 0 Å². The number of nitrogens with one attached hydrogen (secondary N) is 1. The Morgan fingerprint density at radius 1 is 1.27 bits per heavy atom. The number of unbranched alkanes of at least 4 members (excludes halogenated alkanes) is 1. The summed E-state index contributed by atoms with van der Waals surface area (Å²) in [6.07, 6.45) is 1.62. The number of carbonyl (C=O) groups is 1. The summed E-state index contributed by atoms with van der Waals surface area (Å²) >= 11 is 0. The molecule has 1 aromatic rings. The summed E-state index contributed by atoms with van der Waals surface area (Å²) in [6, 6.07) is 6.14. The molecule has 1 fully saturated rings. The second kappa shape index (κ2) is 9.43. The zero-order valence-corrected chi connectivity index (χ0v) is 15.7. The van der Waals surface area contributed by atoms with Crippen LogP contribution in [0.4, 0.5) is 4.39 Å². The topological polar surface area (TPSA) is 92.7 Å². The maximum Gasteiger partial charge on any atom is 0.329 e. The number of rotatable bonds is 10. The van der Waals surface area contributed by atoms with E-state index in [1.807, 2.05) is 6.92 Å². The lowest BCUT2D eigenvalue weighted by atomic mass is 9.96. The molecule has 2 N–H and O–H groups in total. The fourth-order valence-corrected chi connectivity index (χ4v) is 4.60. The van der Waals surface area contributed by atoms with Gasteiger partial charge in [-0.25, -0.2) is 22.3 Å². The number of halogens is 1. The average Bonchev–Trinajstić information content (AvgIpc) is 2.90. The zero-order chi connectivity index (χ0) is 19.2. The van der Waals surface area contributed by atoms with Gasteiger partial charge in [-0.15, -0.1) is 0 Å². The van der Waals surface area contributed by atoms with Gasteiger partial charge in [0.05, 0.1) is 4.90 Å². The maximum absolute atomic E-state index is 14.2. The van der Waals surface area contributed by atoms with Crippen LogP contribution in [-0.2, 0) is 19.6 Å². The number of aliphatic carboxylic acids is 1. The monoisotopic (exact) mass is 387 g/mol. The summed E-state index contributed by atoms with van der Waals surface area (Å²) in [5, 5.41) is 8.49. The zero-order valence-electron chi connectivity index (χ0n) is 14.9. The lowest BCUT2D eigenvalue weighted by Crippen LogP contribution is -2.39. The number of alkyl halides is 1. The van der Waals surface area contributed by atoms with Gasteiger partial charge in [-0.2, -0.15) is 0 Å². The molecular weight excluding hydrogens is 361 g/mol. The third kappa shape index (κ3) is 6.03. The summed E-state index contributed by atoms with van der Waals surface area (Å²) in [5.41, 5.74) is 0.969. The van der Waals surface area contributed by atoms with E-state index >= 15 is 0 Å². The second-order valence-corrected chi connectivity index (χ2v) is 8.45. The van der Waals surface area contributed by atoms with Crippen molar-refractivity contribution in [1.82, 2.24) is 4.72 Å². The molecule has 0 spiro atoms. The van der Waals surface area contributed by atoms with Gasteiger partial charge in [0.2, 0.25) is 10.0 Å². The van der Waals surface area contributed by atoms with Gasteiger partial charge in [-0.3, -0.25) is 0 Å². The van der Waals surface area contributed by atoms with Gasteiger partial charge in [-0.05, 0) is 44.7 Å². The number of aryl methyl sites for hydroxylation is 1. The molecule has 2 rings (SSSR count). The standard InChI is InChI=1S/C18H26FNO5S/c1-13-5-7-14(8-6-13)26(23,24)20-17-10-9-16(19)15(17)4-2-3-11-25-12-18(21)22/h5-8,15-17,20H,2-4,9-12H2,1H3,(H,21,22)/t15-,16+,17-/m0/s1. The van der Waals surface area contributed by atoms with Gasteiger partial charge < -0.3 is 9.84 Å². The Hall–Kier alpha value is -1.51. The van der Waals surface area contributed by atoms with Crippen LogP contribution < -0.4 is 4.72 Å². The quantitative estimate of drug-likeness (QED) is 0.602. The van der Waals surface area contributed by atoms with Gasteiger partial charge in [0.25, 0.3) is 0 Å². The van der Waals surface area contributed by atoms with Crippen molar-refractivity contribution in [3.63, 3.8) is 0 Å². The van der Waals surface area contributed by atoms with Crippen LogP contribution in [0.2, 0.25) is 0 Å². The molecule has 0 amide bonds. The van der Waals surface area contributed by atoms with Crippen molar-refractivity contribution in [1.29, 1.82) is 0 Å². The van der Waals surface area contributed by atoms with Crippen LogP contribution in [0.3, 0.4) is 0 Å². The number of carboxylic acids is 1. The molecule has 0 aliphatic heterocycles. The van der Waals surface area contributed by atoms with Crippen molar-refractivity contribution in [3.8, 4) is 0 Å². The van der Waals surface area contributed by atoms with E-state index in [0.717, 1.165) is 5.56 Å². The van der Waals surface area contributed by atoms with E-state index in [0.29, 0.717) is 38.7 Å². The molecule has 1 aromatic carbocycles. The van der Waals surface area contributed by atoms with Gasteiger partial charge in [0.15, 0.2) is 0 Å². The summed E-state index contributed by atoms with van der Waals surface area (Å²) < 4.78 is 46.9. The molecule has 0 saturated heterocycles. The lowest BCUT2D eigenvalue weighted by Gasteiger charge is -2.22. The lowest BCUT2D eigenvalue weighted by molar-refractivity contribution is -0.142. The molecular formula is C18H26FNO5S. The van der Waals surface area contributed by atoms with Gasteiger partial charge >= 0.3 is 5.97 Å². The Bertz CT molecular complexity index is 692. The summed E-state index contributed by atoms with van der Waals surface area (Å²) in [4.78, 5) is 10.5. The average molecular weight is 387 g/mol. The Kier molecular flexibility index (Phi) is 7.55. The molecule has 26 heavy (non-hydrogen) atoms. The maximum atomic E-state index is 14.2.